The third-order valence-corrected chi connectivity index (χ3v) is 2.53. The predicted octanol–water partition coefficient (Wildman–Crippen LogP) is 2.07. The first-order valence-corrected chi connectivity index (χ1v) is 4.97. The minimum atomic E-state index is -2.88. The van der Waals surface area contributed by atoms with Crippen molar-refractivity contribution in [1.29, 1.82) is 0 Å². The zero-order valence-corrected chi connectivity index (χ0v) is 8.33. The van der Waals surface area contributed by atoms with Crippen LogP contribution in [0.1, 0.15) is 5.56 Å². The average Bonchev–Trinajstić information content (AvgIpc) is 2.31. The Hall–Kier alpha value is -1.00. The second-order valence-corrected chi connectivity index (χ2v) is 3.51. The maximum atomic E-state index is 13.9. The monoisotopic (exact) mass is 213 g/mol. The fraction of sp³-hybridized carbons (Fsp3) is 0.455. The van der Waals surface area contributed by atoms with E-state index in [0.717, 1.165) is 4.90 Å². The quantitative estimate of drug-likeness (QED) is 0.697. The fourth-order valence-corrected chi connectivity index (χ4v) is 1.67. The lowest BCUT2D eigenvalue weighted by Gasteiger charge is -2.33. The zero-order chi connectivity index (χ0) is 10.7. The molecule has 0 bridgehead atoms. The van der Waals surface area contributed by atoms with Gasteiger partial charge in [-0.2, -0.15) is 8.78 Å². The predicted molar refractivity (Wildman–Crippen MR) is 52.7 cm³/mol. The second-order valence-electron chi connectivity index (χ2n) is 3.51. The van der Waals surface area contributed by atoms with E-state index in [2.05, 4.69) is 0 Å². The summed E-state index contributed by atoms with van der Waals surface area (Å²) in [7, 11) is 0. The number of benzene rings is 1. The molecule has 1 saturated heterocycles. The van der Waals surface area contributed by atoms with Gasteiger partial charge >= 0.3 is 6.05 Å². The first-order chi connectivity index (χ1) is 7.21. The molecule has 1 aliphatic heterocycles. The van der Waals surface area contributed by atoms with Crippen molar-refractivity contribution < 1.29 is 13.5 Å². The van der Waals surface area contributed by atoms with Crippen molar-refractivity contribution in [3.8, 4) is 0 Å². The number of nitrogens with zero attached hydrogens (tertiary/aromatic N) is 1. The Kier molecular flexibility index (Phi) is 2.98. The third-order valence-electron chi connectivity index (χ3n) is 2.53. The van der Waals surface area contributed by atoms with Gasteiger partial charge in [0.15, 0.2) is 0 Å². The average molecular weight is 213 g/mol. The van der Waals surface area contributed by atoms with Gasteiger partial charge in [0, 0.05) is 18.7 Å². The number of ether oxygens (including phenoxy) is 1. The highest BCUT2D eigenvalue weighted by Crippen LogP contribution is 2.32. The van der Waals surface area contributed by atoms with E-state index in [1.165, 1.54) is 12.1 Å². The van der Waals surface area contributed by atoms with Crippen LogP contribution in [0.2, 0.25) is 0 Å². The van der Waals surface area contributed by atoms with Gasteiger partial charge in [-0.3, -0.25) is 0 Å². The number of hydrogen-bond donors (Lipinski definition) is 0. The van der Waals surface area contributed by atoms with Crippen molar-refractivity contribution in [1.82, 2.24) is 4.90 Å². The van der Waals surface area contributed by atoms with Crippen LogP contribution >= 0.6 is 0 Å². The lowest BCUT2D eigenvalue weighted by Crippen LogP contribution is -2.46. The van der Waals surface area contributed by atoms with E-state index in [4.69, 9.17) is 4.74 Å². The molecule has 0 amide bonds. The zero-order valence-electron chi connectivity index (χ0n) is 8.33. The fourth-order valence-electron chi connectivity index (χ4n) is 1.67. The Balaban J connectivity index is 2.18. The standard InChI is InChI=1S/C11H13F2NO/c12-11(13,10-4-2-1-3-5-10)14-6-8-15-9-7-14/h1-5H,6-9H2. The molecular formula is C11H13F2NO. The summed E-state index contributed by atoms with van der Waals surface area (Å²) in [5.41, 5.74) is 0.0481. The molecule has 0 aliphatic carbocycles. The Morgan fingerprint density at radius 1 is 1.07 bits per heavy atom. The van der Waals surface area contributed by atoms with Gasteiger partial charge in [0.1, 0.15) is 0 Å². The highest BCUT2D eigenvalue weighted by Gasteiger charge is 2.39. The second kappa shape index (κ2) is 4.24. The van der Waals surface area contributed by atoms with Gasteiger partial charge in [0.2, 0.25) is 0 Å². The van der Waals surface area contributed by atoms with E-state index in [0.29, 0.717) is 13.2 Å². The van der Waals surface area contributed by atoms with Crippen LogP contribution in [0.15, 0.2) is 30.3 Å². The van der Waals surface area contributed by atoms with Crippen molar-refractivity contribution in [2.45, 2.75) is 6.05 Å². The molecule has 1 aromatic rings. The molecule has 4 heteroatoms. The molecule has 0 saturated carbocycles. The van der Waals surface area contributed by atoms with Crippen molar-refractivity contribution >= 4 is 0 Å². The van der Waals surface area contributed by atoms with Crippen LogP contribution < -0.4 is 0 Å². The smallest absolute Gasteiger partial charge is 0.331 e. The van der Waals surface area contributed by atoms with E-state index in [9.17, 15) is 8.78 Å². The Bertz CT molecular complexity index is 310. The minimum Gasteiger partial charge on any atom is -0.379 e. The van der Waals surface area contributed by atoms with E-state index in [1.807, 2.05) is 0 Å². The molecule has 1 fully saturated rings. The van der Waals surface area contributed by atoms with Crippen LogP contribution in [0.3, 0.4) is 0 Å². The molecule has 0 atom stereocenters. The van der Waals surface area contributed by atoms with Crippen molar-refractivity contribution in [3.63, 3.8) is 0 Å². The molecule has 82 valence electrons. The Labute approximate surface area is 87.5 Å². The third kappa shape index (κ3) is 2.16. The van der Waals surface area contributed by atoms with E-state index < -0.39 is 6.05 Å². The van der Waals surface area contributed by atoms with Crippen LogP contribution in [0.4, 0.5) is 8.78 Å². The maximum absolute atomic E-state index is 13.9. The van der Waals surface area contributed by atoms with E-state index in [1.54, 1.807) is 18.2 Å². The molecule has 0 spiro atoms. The van der Waals surface area contributed by atoms with Gasteiger partial charge in [-0.1, -0.05) is 30.3 Å². The minimum absolute atomic E-state index is 0.0481. The highest BCUT2D eigenvalue weighted by atomic mass is 19.3. The summed E-state index contributed by atoms with van der Waals surface area (Å²) in [6.07, 6.45) is 0. The van der Waals surface area contributed by atoms with Crippen molar-refractivity contribution in [3.05, 3.63) is 35.9 Å². The molecule has 15 heavy (non-hydrogen) atoms. The summed E-state index contributed by atoms with van der Waals surface area (Å²) in [6, 6.07) is 5.02. The van der Waals surface area contributed by atoms with Gasteiger partial charge < -0.3 is 4.74 Å². The van der Waals surface area contributed by atoms with Gasteiger partial charge in [-0.05, 0) is 0 Å². The van der Waals surface area contributed by atoms with Gasteiger partial charge in [-0.25, -0.2) is 4.90 Å². The van der Waals surface area contributed by atoms with E-state index >= 15 is 0 Å². The number of hydrogen-bond acceptors (Lipinski definition) is 2. The Morgan fingerprint density at radius 3 is 2.27 bits per heavy atom. The largest absolute Gasteiger partial charge is 0.379 e. The number of halogens is 2. The summed E-state index contributed by atoms with van der Waals surface area (Å²) in [4.78, 5) is 1.16. The van der Waals surface area contributed by atoms with Crippen LogP contribution in [0.5, 0.6) is 0 Å². The number of rotatable bonds is 2. The van der Waals surface area contributed by atoms with Gasteiger partial charge in [0.05, 0.1) is 13.2 Å². The van der Waals surface area contributed by atoms with Crippen LogP contribution in [0, 0.1) is 0 Å². The molecular weight excluding hydrogens is 200 g/mol. The number of morpholine rings is 1. The summed E-state index contributed by atoms with van der Waals surface area (Å²) in [5, 5.41) is 0. The lowest BCUT2D eigenvalue weighted by molar-refractivity contribution is -0.180. The van der Waals surface area contributed by atoms with Crippen LogP contribution in [-0.4, -0.2) is 31.2 Å². The summed E-state index contributed by atoms with van der Waals surface area (Å²) in [5.74, 6) is 0. The molecule has 0 aromatic heterocycles. The molecule has 0 radical (unpaired) electrons. The molecule has 1 aliphatic rings. The molecule has 2 nitrogen and oxygen atoms in total. The molecule has 1 aromatic carbocycles. The normalized spacial score (nSPS) is 19.1. The number of alkyl halides is 2. The highest BCUT2D eigenvalue weighted by molar-refractivity contribution is 5.19. The van der Waals surface area contributed by atoms with Crippen molar-refractivity contribution in [2.24, 2.45) is 0 Å². The first-order valence-electron chi connectivity index (χ1n) is 4.97. The first kappa shape index (κ1) is 10.5. The SMILES string of the molecule is FC(F)(c1ccccc1)N1CCOCC1. The molecule has 0 N–H and O–H groups in total. The van der Waals surface area contributed by atoms with Crippen molar-refractivity contribution in [2.75, 3.05) is 26.3 Å². The summed E-state index contributed by atoms with van der Waals surface area (Å²) in [6.45, 7) is 1.31. The van der Waals surface area contributed by atoms with Crippen LogP contribution in [-0.2, 0) is 10.8 Å². The van der Waals surface area contributed by atoms with Gasteiger partial charge in [0.25, 0.3) is 0 Å². The molecule has 2 rings (SSSR count). The lowest BCUT2D eigenvalue weighted by atomic mass is 10.1. The molecule has 1 heterocycles. The van der Waals surface area contributed by atoms with Crippen LogP contribution in [0.25, 0.3) is 0 Å². The van der Waals surface area contributed by atoms with Gasteiger partial charge in [-0.15, -0.1) is 0 Å². The Morgan fingerprint density at radius 2 is 1.67 bits per heavy atom. The van der Waals surface area contributed by atoms with E-state index in [-0.39, 0.29) is 18.7 Å². The topological polar surface area (TPSA) is 12.5 Å². The summed E-state index contributed by atoms with van der Waals surface area (Å²) < 4.78 is 32.9. The maximum Gasteiger partial charge on any atom is 0.331 e. The molecule has 0 unspecified atom stereocenters. The summed E-state index contributed by atoms with van der Waals surface area (Å²) >= 11 is 0.